The number of carboxylic acids is 1. The molecule has 0 spiro atoms. The summed E-state index contributed by atoms with van der Waals surface area (Å²) in [5.74, 6) is -5.15. The molecule has 0 aliphatic carbocycles. The van der Waals surface area contributed by atoms with Gasteiger partial charge in [0, 0.05) is 5.56 Å². The maximum absolute atomic E-state index is 12.8. The van der Waals surface area contributed by atoms with Crippen LogP contribution in [0.15, 0.2) is 12.1 Å². The van der Waals surface area contributed by atoms with Crippen LogP contribution in [0.4, 0.5) is 17.6 Å². The fourth-order valence-corrected chi connectivity index (χ4v) is 0.965. The highest BCUT2D eigenvalue weighted by Gasteiger charge is 2.24. The van der Waals surface area contributed by atoms with E-state index in [-0.39, 0.29) is 0 Å². The van der Waals surface area contributed by atoms with Gasteiger partial charge in [-0.05, 0) is 12.1 Å². The number of alkyl halides is 2. The number of hydrogen-bond donors (Lipinski definition) is 1. The summed E-state index contributed by atoms with van der Waals surface area (Å²) in [4.78, 5) is 10.4. The van der Waals surface area contributed by atoms with E-state index < -0.39 is 35.2 Å². The molecule has 0 unspecified atom stereocenters. The van der Waals surface area contributed by atoms with Crippen LogP contribution in [-0.4, -0.2) is 11.1 Å². The second-order valence-corrected chi connectivity index (χ2v) is 2.43. The van der Waals surface area contributed by atoms with Crippen LogP contribution < -0.4 is 0 Å². The summed E-state index contributed by atoms with van der Waals surface area (Å²) in [6.45, 7) is 0. The fourth-order valence-electron chi connectivity index (χ4n) is 0.965. The molecule has 2 nitrogen and oxygen atoms in total. The number of aromatic carboxylic acids is 1. The average molecular weight is 208 g/mol. The van der Waals surface area contributed by atoms with Gasteiger partial charge in [-0.1, -0.05) is 0 Å². The Morgan fingerprint density at radius 2 is 1.86 bits per heavy atom. The Morgan fingerprint density at radius 3 is 2.29 bits per heavy atom. The van der Waals surface area contributed by atoms with E-state index in [2.05, 4.69) is 0 Å². The van der Waals surface area contributed by atoms with Crippen LogP contribution >= 0.6 is 0 Å². The smallest absolute Gasteiger partial charge is 0.339 e. The molecule has 0 aliphatic heterocycles. The number of halogens is 4. The molecule has 1 N–H and O–H groups in total. The molecule has 0 atom stereocenters. The van der Waals surface area contributed by atoms with E-state index in [1.54, 1.807) is 0 Å². The van der Waals surface area contributed by atoms with Crippen molar-refractivity contribution in [2.75, 3.05) is 0 Å². The van der Waals surface area contributed by atoms with Gasteiger partial charge in [0.05, 0.1) is 0 Å². The minimum absolute atomic E-state index is 0.462. The van der Waals surface area contributed by atoms with Crippen molar-refractivity contribution in [3.05, 3.63) is 34.9 Å². The maximum atomic E-state index is 12.8. The third kappa shape index (κ3) is 1.68. The van der Waals surface area contributed by atoms with Crippen LogP contribution in [0, 0.1) is 11.6 Å². The van der Waals surface area contributed by atoms with Crippen molar-refractivity contribution in [3.63, 3.8) is 0 Å². The molecule has 1 aromatic carbocycles. The van der Waals surface area contributed by atoms with Gasteiger partial charge in [-0.15, -0.1) is 0 Å². The van der Waals surface area contributed by atoms with E-state index in [0.717, 1.165) is 0 Å². The predicted octanol–water partition coefficient (Wildman–Crippen LogP) is 2.60. The Bertz CT molecular complexity index is 376. The van der Waals surface area contributed by atoms with Crippen LogP contribution in [0.1, 0.15) is 22.3 Å². The molecule has 0 aromatic heterocycles. The van der Waals surface area contributed by atoms with E-state index in [0.29, 0.717) is 12.1 Å². The minimum atomic E-state index is -3.16. The molecule has 76 valence electrons. The molecule has 0 aliphatic rings. The van der Waals surface area contributed by atoms with E-state index in [1.807, 2.05) is 0 Å². The molecule has 0 fully saturated rings. The quantitative estimate of drug-likeness (QED) is 0.758. The SMILES string of the molecule is O=C(O)c1c(C(F)F)ccc(F)c1F. The van der Waals surface area contributed by atoms with Crippen molar-refractivity contribution in [1.82, 2.24) is 0 Å². The first kappa shape index (κ1) is 10.5. The van der Waals surface area contributed by atoms with Crippen molar-refractivity contribution in [2.24, 2.45) is 0 Å². The zero-order valence-corrected chi connectivity index (χ0v) is 6.60. The van der Waals surface area contributed by atoms with E-state index in [9.17, 15) is 22.4 Å². The number of rotatable bonds is 2. The summed E-state index contributed by atoms with van der Waals surface area (Å²) in [5, 5.41) is 8.38. The molecular formula is C8H4F4O2. The lowest BCUT2D eigenvalue weighted by atomic mass is 10.1. The molecule has 1 rings (SSSR count). The van der Waals surface area contributed by atoms with Crippen LogP contribution in [0.2, 0.25) is 0 Å². The Hall–Kier alpha value is -1.59. The number of benzene rings is 1. The Labute approximate surface area is 75.8 Å². The average Bonchev–Trinajstić information content (AvgIpc) is 2.08. The molecule has 0 saturated carbocycles. The van der Waals surface area contributed by atoms with Crippen molar-refractivity contribution >= 4 is 5.97 Å². The molecule has 14 heavy (non-hydrogen) atoms. The van der Waals surface area contributed by atoms with E-state index in [1.165, 1.54) is 0 Å². The zero-order chi connectivity index (χ0) is 10.9. The van der Waals surface area contributed by atoms with Gasteiger partial charge in [-0.25, -0.2) is 22.4 Å². The van der Waals surface area contributed by atoms with Gasteiger partial charge in [0.2, 0.25) is 0 Å². The highest BCUT2D eigenvalue weighted by molar-refractivity contribution is 5.89. The Kier molecular flexibility index (Phi) is 2.73. The van der Waals surface area contributed by atoms with Gasteiger partial charge in [0.25, 0.3) is 6.43 Å². The monoisotopic (exact) mass is 208 g/mol. The number of hydrogen-bond acceptors (Lipinski definition) is 1. The summed E-state index contributed by atoms with van der Waals surface area (Å²) in [6.07, 6.45) is -3.16. The summed E-state index contributed by atoms with van der Waals surface area (Å²) in [7, 11) is 0. The number of carbonyl (C=O) groups is 1. The molecule has 6 heteroatoms. The van der Waals surface area contributed by atoms with Gasteiger partial charge in [-0.3, -0.25) is 0 Å². The van der Waals surface area contributed by atoms with Crippen LogP contribution in [0.3, 0.4) is 0 Å². The first-order valence-electron chi connectivity index (χ1n) is 3.44. The lowest BCUT2D eigenvalue weighted by molar-refractivity contribution is 0.0677. The zero-order valence-electron chi connectivity index (χ0n) is 6.60. The lowest BCUT2D eigenvalue weighted by Gasteiger charge is -2.05. The summed E-state index contributed by atoms with van der Waals surface area (Å²) < 4.78 is 49.6. The molecule has 0 saturated heterocycles. The molecule has 0 amide bonds. The normalized spacial score (nSPS) is 10.6. The molecule has 0 heterocycles. The summed E-state index contributed by atoms with van der Waals surface area (Å²) >= 11 is 0. The summed E-state index contributed by atoms with van der Waals surface area (Å²) in [5.41, 5.74) is -2.35. The van der Waals surface area contributed by atoms with Crippen molar-refractivity contribution < 1.29 is 27.5 Å². The maximum Gasteiger partial charge on any atom is 0.339 e. The molecule has 0 bridgehead atoms. The lowest BCUT2D eigenvalue weighted by Crippen LogP contribution is -2.08. The first-order chi connectivity index (χ1) is 6.45. The third-order valence-corrected chi connectivity index (χ3v) is 1.58. The van der Waals surface area contributed by atoms with Gasteiger partial charge >= 0.3 is 5.97 Å². The largest absolute Gasteiger partial charge is 0.478 e. The molecule has 0 radical (unpaired) electrons. The second kappa shape index (κ2) is 3.65. The van der Waals surface area contributed by atoms with E-state index in [4.69, 9.17) is 5.11 Å². The minimum Gasteiger partial charge on any atom is -0.478 e. The van der Waals surface area contributed by atoms with Crippen LogP contribution in [0.25, 0.3) is 0 Å². The topological polar surface area (TPSA) is 37.3 Å². The van der Waals surface area contributed by atoms with Gasteiger partial charge in [0.15, 0.2) is 11.6 Å². The van der Waals surface area contributed by atoms with Gasteiger partial charge in [-0.2, -0.15) is 0 Å². The molecule has 1 aromatic rings. The highest BCUT2D eigenvalue weighted by Crippen LogP contribution is 2.26. The number of carboxylic acid groups (broad SMARTS) is 1. The van der Waals surface area contributed by atoms with Crippen LogP contribution in [0.5, 0.6) is 0 Å². The van der Waals surface area contributed by atoms with Crippen molar-refractivity contribution in [2.45, 2.75) is 6.43 Å². The summed E-state index contributed by atoms with van der Waals surface area (Å²) in [6, 6.07) is 1.01. The molecular weight excluding hydrogens is 204 g/mol. The van der Waals surface area contributed by atoms with Gasteiger partial charge < -0.3 is 5.11 Å². The van der Waals surface area contributed by atoms with Gasteiger partial charge in [0.1, 0.15) is 5.56 Å². The fraction of sp³-hybridized carbons (Fsp3) is 0.125. The highest BCUT2D eigenvalue weighted by atomic mass is 19.3. The standard InChI is InChI=1S/C8H4F4O2/c9-4-2-1-3(7(11)12)5(6(4)10)8(13)14/h1-2,7H,(H,13,14). The third-order valence-electron chi connectivity index (χ3n) is 1.58. The predicted molar refractivity (Wildman–Crippen MR) is 38.3 cm³/mol. The van der Waals surface area contributed by atoms with Crippen LogP contribution in [-0.2, 0) is 0 Å². The Morgan fingerprint density at radius 1 is 1.29 bits per heavy atom. The van der Waals surface area contributed by atoms with Crippen molar-refractivity contribution in [3.8, 4) is 0 Å². The van der Waals surface area contributed by atoms with Crippen molar-refractivity contribution in [1.29, 1.82) is 0 Å². The second-order valence-electron chi connectivity index (χ2n) is 2.43. The Balaban J connectivity index is 3.45. The van der Waals surface area contributed by atoms with E-state index >= 15 is 0 Å². The first-order valence-corrected chi connectivity index (χ1v) is 3.44.